The number of anilines is 1. The van der Waals surface area contributed by atoms with Crippen LogP contribution < -0.4 is 22.2 Å². The Hall–Kier alpha value is -2.41. The van der Waals surface area contributed by atoms with Crippen molar-refractivity contribution in [2.24, 2.45) is 11.7 Å². The van der Waals surface area contributed by atoms with Gasteiger partial charge in [0, 0.05) is 18.2 Å². The predicted molar refractivity (Wildman–Crippen MR) is 81.2 cm³/mol. The fourth-order valence-electron chi connectivity index (χ4n) is 1.85. The molecule has 0 saturated carbocycles. The highest BCUT2D eigenvalue weighted by atomic mass is 16.2. The molecule has 21 heavy (non-hydrogen) atoms. The predicted octanol–water partition coefficient (Wildman–Crippen LogP) is 0.528. The van der Waals surface area contributed by atoms with E-state index in [1.807, 2.05) is 13.8 Å². The molecule has 1 unspecified atom stereocenters. The van der Waals surface area contributed by atoms with E-state index in [1.165, 1.54) is 0 Å². The number of amides is 1. The van der Waals surface area contributed by atoms with Crippen LogP contribution in [0.25, 0.3) is 11.0 Å². The van der Waals surface area contributed by atoms with Crippen molar-refractivity contribution in [3.05, 3.63) is 38.9 Å². The van der Waals surface area contributed by atoms with Crippen LogP contribution in [0, 0.1) is 5.92 Å². The van der Waals surface area contributed by atoms with Crippen LogP contribution >= 0.6 is 0 Å². The minimum absolute atomic E-state index is 0.192. The van der Waals surface area contributed by atoms with E-state index < -0.39 is 11.1 Å². The number of hydrogen-bond acceptors (Lipinski definition) is 4. The van der Waals surface area contributed by atoms with Gasteiger partial charge in [0.15, 0.2) is 0 Å². The average molecular weight is 290 g/mol. The summed E-state index contributed by atoms with van der Waals surface area (Å²) in [6.07, 6.45) is 0.220. The van der Waals surface area contributed by atoms with Gasteiger partial charge in [-0.3, -0.25) is 14.4 Å². The number of carbonyl (C=O) groups is 1. The highest BCUT2D eigenvalue weighted by Crippen LogP contribution is 2.14. The molecule has 112 valence electrons. The van der Waals surface area contributed by atoms with E-state index in [4.69, 9.17) is 5.73 Å². The fourth-order valence-corrected chi connectivity index (χ4v) is 1.85. The Morgan fingerprint density at radius 2 is 1.81 bits per heavy atom. The third-order valence-electron chi connectivity index (χ3n) is 3.28. The molecule has 0 saturated heterocycles. The molecule has 2 aromatic rings. The van der Waals surface area contributed by atoms with E-state index in [0.717, 1.165) is 0 Å². The Labute approximate surface area is 120 Å². The van der Waals surface area contributed by atoms with Crippen molar-refractivity contribution >= 4 is 22.6 Å². The first-order chi connectivity index (χ1) is 9.86. The molecule has 0 radical (unpaired) electrons. The second kappa shape index (κ2) is 5.92. The van der Waals surface area contributed by atoms with Gasteiger partial charge in [-0.2, -0.15) is 0 Å². The summed E-state index contributed by atoms with van der Waals surface area (Å²) in [6.45, 7) is 3.91. The van der Waals surface area contributed by atoms with Crippen LogP contribution in [0.4, 0.5) is 5.69 Å². The van der Waals surface area contributed by atoms with Crippen molar-refractivity contribution in [3.63, 3.8) is 0 Å². The maximum absolute atomic E-state index is 11.9. The Balaban J connectivity index is 2.20. The summed E-state index contributed by atoms with van der Waals surface area (Å²) in [7, 11) is 0. The average Bonchev–Trinajstić information content (AvgIpc) is 2.40. The van der Waals surface area contributed by atoms with E-state index in [2.05, 4.69) is 15.3 Å². The zero-order valence-corrected chi connectivity index (χ0v) is 11.9. The van der Waals surface area contributed by atoms with Crippen molar-refractivity contribution < 1.29 is 4.79 Å². The Bertz CT molecular complexity index is 776. The molecule has 0 fully saturated rings. The molecular weight excluding hydrogens is 272 g/mol. The van der Waals surface area contributed by atoms with Crippen LogP contribution in [-0.2, 0) is 4.79 Å². The van der Waals surface area contributed by atoms with Gasteiger partial charge in [-0.25, -0.2) is 0 Å². The van der Waals surface area contributed by atoms with Crippen LogP contribution in [-0.4, -0.2) is 21.9 Å². The normalized spacial score (nSPS) is 12.6. The van der Waals surface area contributed by atoms with Gasteiger partial charge in [0.05, 0.1) is 11.0 Å². The van der Waals surface area contributed by atoms with Gasteiger partial charge in [0.2, 0.25) is 5.91 Å². The lowest BCUT2D eigenvalue weighted by atomic mass is 10.0. The summed E-state index contributed by atoms with van der Waals surface area (Å²) in [5.41, 5.74) is 5.89. The number of fused-ring (bicyclic) bond motifs is 1. The number of hydrogen-bond donors (Lipinski definition) is 4. The summed E-state index contributed by atoms with van der Waals surface area (Å²) >= 11 is 0. The van der Waals surface area contributed by atoms with Crippen LogP contribution in [0.15, 0.2) is 27.8 Å². The molecule has 0 spiro atoms. The second-order valence-corrected chi connectivity index (χ2v) is 5.33. The lowest BCUT2D eigenvalue weighted by Crippen LogP contribution is -2.31. The largest absolute Gasteiger partial charge is 0.327 e. The van der Waals surface area contributed by atoms with Gasteiger partial charge in [-0.1, -0.05) is 13.8 Å². The minimum Gasteiger partial charge on any atom is -0.327 e. The molecule has 0 aliphatic carbocycles. The lowest BCUT2D eigenvalue weighted by molar-refractivity contribution is -0.116. The van der Waals surface area contributed by atoms with E-state index in [1.54, 1.807) is 18.2 Å². The topological polar surface area (TPSA) is 121 Å². The summed E-state index contributed by atoms with van der Waals surface area (Å²) in [5, 5.41) is 2.72. The number of aromatic nitrogens is 2. The van der Waals surface area contributed by atoms with E-state index >= 15 is 0 Å². The smallest absolute Gasteiger partial charge is 0.314 e. The number of aromatic amines is 2. The Kier molecular flexibility index (Phi) is 4.23. The van der Waals surface area contributed by atoms with Crippen LogP contribution in [0.3, 0.4) is 0 Å². The summed E-state index contributed by atoms with van der Waals surface area (Å²) < 4.78 is 0. The molecule has 2 rings (SSSR count). The first-order valence-corrected chi connectivity index (χ1v) is 6.68. The van der Waals surface area contributed by atoms with Crippen molar-refractivity contribution in [3.8, 4) is 0 Å². The number of nitrogens with two attached hydrogens (primary N) is 1. The third-order valence-corrected chi connectivity index (χ3v) is 3.28. The molecule has 0 aliphatic heterocycles. The van der Waals surface area contributed by atoms with Crippen molar-refractivity contribution in [2.75, 3.05) is 5.32 Å². The van der Waals surface area contributed by atoms with Crippen molar-refractivity contribution in [1.29, 1.82) is 0 Å². The number of nitrogens with one attached hydrogen (secondary N) is 3. The molecule has 0 bridgehead atoms. The first-order valence-electron chi connectivity index (χ1n) is 6.68. The van der Waals surface area contributed by atoms with Crippen molar-refractivity contribution in [2.45, 2.75) is 26.3 Å². The lowest BCUT2D eigenvalue weighted by Gasteiger charge is -2.15. The molecule has 1 amide bonds. The molecule has 1 heterocycles. The number of H-pyrrole nitrogens is 2. The zero-order valence-electron chi connectivity index (χ0n) is 11.9. The molecule has 7 heteroatoms. The maximum atomic E-state index is 11.9. The SMILES string of the molecule is CC(C)C(N)CC(=O)Nc1ccc2[nH]c(=O)c(=O)[nH]c2c1. The molecule has 0 aliphatic rings. The minimum atomic E-state index is -0.729. The van der Waals surface area contributed by atoms with Gasteiger partial charge in [0.25, 0.3) is 0 Å². The van der Waals surface area contributed by atoms with E-state index in [9.17, 15) is 14.4 Å². The molecule has 1 aromatic carbocycles. The highest BCUT2D eigenvalue weighted by molar-refractivity contribution is 5.93. The Morgan fingerprint density at radius 1 is 1.19 bits per heavy atom. The van der Waals surface area contributed by atoms with Crippen LogP contribution in [0.2, 0.25) is 0 Å². The summed E-state index contributed by atoms with van der Waals surface area (Å²) in [5.74, 6) is 0.0242. The number of rotatable bonds is 4. The quantitative estimate of drug-likeness (QED) is 0.614. The summed E-state index contributed by atoms with van der Waals surface area (Å²) in [6, 6.07) is 4.65. The standard InChI is InChI=1S/C14H18N4O3/c1-7(2)9(15)6-12(19)16-8-3-4-10-11(5-8)18-14(21)13(20)17-10/h3-5,7,9H,6,15H2,1-2H3,(H,16,19)(H,17,20)(H,18,21). The molecule has 1 aromatic heterocycles. The fraction of sp³-hybridized carbons (Fsp3) is 0.357. The third kappa shape index (κ3) is 3.57. The van der Waals surface area contributed by atoms with Crippen molar-refractivity contribution in [1.82, 2.24) is 9.97 Å². The van der Waals surface area contributed by atoms with Crippen LogP contribution in [0.1, 0.15) is 20.3 Å². The maximum Gasteiger partial charge on any atom is 0.314 e. The Morgan fingerprint density at radius 3 is 2.43 bits per heavy atom. The van der Waals surface area contributed by atoms with E-state index in [0.29, 0.717) is 16.7 Å². The first kappa shape index (κ1) is 15.0. The van der Waals surface area contributed by atoms with Gasteiger partial charge >= 0.3 is 11.1 Å². The zero-order chi connectivity index (χ0) is 15.6. The number of benzene rings is 1. The van der Waals surface area contributed by atoms with Crippen LogP contribution in [0.5, 0.6) is 0 Å². The molecule has 7 nitrogen and oxygen atoms in total. The summed E-state index contributed by atoms with van der Waals surface area (Å²) in [4.78, 5) is 39.3. The van der Waals surface area contributed by atoms with Gasteiger partial charge < -0.3 is 21.0 Å². The molecule has 1 atom stereocenters. The monoisotopic (exact) mass is 290 g/mol. The van der Waals surface area contributed by atoms with E-state index in [-0.39, 0.29) is 24.3 Å². The van der Waals surface area contributed by atoms with Gasteiger partial charge in [-0.15, -0.1) is 0 Å². The second-order valence-electron chi connectivity index (χ2n) is 5.33. The van der Waals surface area contributed by atoms with Gasteiger partial charge in [-0.05, 0) is 24.1 Å². The van der Waals surface area contributed by atoms with Gasteiger partial charge in [0.1, 0.15) is 0 Å². The highest BCUT2D eigenvalue weighted by Gasteiger charge is 2.13. The number of carbonyl (C=O) groups excluding carboxylic acids is 1. The molecular formula is C14H18N4O3. The molecule has 5 N–H and O–H groups in total.